The number of hydrogen-bond donors (Lipinski definition) is 2. The second kappa shape index (κ2) is 7.50. The van der Waals surface area contributed by atoms with Gasteiger partial charge in [0.1, 0.15) is 11.9 Å². The highest BCUT2D eigenvalue weighted by molar-refractivity contribution is 5.38. The van der Waals surface area contributed by atoms with Gasteiger partial charge in [-0.1, -0.05) is 44.2 Å². The van der Waals surface area contributed by atoms with Gasteiger partial charge in [-0.15, -0.1) is 10.2 Å². The van der Waals surface area contributed by atoms with Crippen LogP contribution in [0.25, 0.3) is 0 Å². The summed E-state index contributed by atoms with van der Waals surface area (Å²) in [5.41, 5.74) is 1.77. The monoisotopic (exact) mass is 377 g/mol. The number of nitrogens with one attached hydrogen (secondary N) is 1. The van der Waals surface area contributed by atoms with Gasteiger partial charge in [0, 0.05) is 24.5 Å². The molecule has 4 rings (SSSR count). The van der Waals surface area contributed by atoms with Crippen LogP contribution in [0.2, 0.25) is 0 Å². The summed E-state index contributed by atoms with van der Waals surface area (Å²) in [6, 6.07) is 16.4. The minimum Gasteiger partial charge on any atom is -0.391 e. The molecule has 0 bridgehead atoms. The lowest BCUT2D eigenvalue weighted by Crippen LogP contribution is -2.65. The van der Waals surface area contributed by atoms with Gasteiger partial charge in [-0.3, -0.25) is 4.90 Å². The number of likely N-dealkylation sites (tertiary alicyclic amines) is 1. The second-order valence-electron chi connectivity index (χ2n) is 8.58. The summed E-state index contributed by atoms with van der Waals surface area (Å²) in [4.78, 5) is 2.55. The quantitative estimate of drug-likeness (QED) is 0.833. The van der Waals surface area contributed by atoms with E-state index in [-0.39, 0.29) is 11.5 Å². The van der Waals surface area contributed by atoms with Gasteiger partial charge >= 0.3 is 0 Å². The maximum absolute atomic E-state index is 10.7. The Bertz CT molecular complexity index is 847. The highest BCUT2D eigenvalue weighted by atomic mass is 16.3. The first-order chi connectivity index (χ1) is 13.5. The summed E-state index contributed by atoms with van der Waals surface area (Å²) in [6.07, 6.45) is 1.32. The molecule has 4 atom stereocenters. The molecule has 6 nitrogen and oxygen atoms in total. The van der Waals surface area contributed by atoms with Gasteiger partial charge in [-0.25, -0.2) is 0 Å². The first-order valence-electron chi connectivity index (χ1n) is 9.97. The Morgan fingerprint density at radius 3 is 2.64 bits per heavy atom. The van der Waals surface area contributed by atoms with Crippen LogP contribution in [0.5, 0.6) is 0 Å². The SMILES string of the molecule is CC(C)C1N(Cc2ccccc2)CC12C[C@@H](O)[C@H](Nc1ccc(C#N)nn1)C2. The van der Waals surface area contributed by atoms with Gasteiger partial charge in [-0.2, -0.15) is 5.26 Å². The van der Waals surface area contributed by atoms with E-state index in [2.05, 4.69) is 64.6 Å². The first kappa shape index (κ1) is 18.9. The first-order valence-corrected chi connectivity index (χ1v) is 9.97. The fourth-order valence-corrected chi connectivity index (χ4v) is 5.36. The van der Waals surface area contributed by atoms with Crippen molar-refractivity contribution in [3.63, 3.8) is 0 Å². The standard InChI is InChI=1S/C22H27N5O/c1-15(2)21-22(14-27(21)13-16-6-4-3-5-7-16)10-18(19(28)11-22)24-20-9-8-17(12-23)25-26-20/h3-9,15,18-19,21,28H,10-11,13-14H2,1-2H3,(H,24,26)/t18-,19-,21?,22?/m1/s1. The number of anilines is 1. The molecule has 2 heterocycles. The topological polar surface area (TPSA) is 85.1 Å². The molecule has 1 spiro atoms. The predicted octanol–water partition coefficient (Wildman–Crippen LogP) is 2.81. The van der Waals surface area contributed by atoms with Gasteiger partial charge in [0.2, 0.25) is 0 Å². The van der Waals surface area contributed by atoms with E-state index >= 15 is 0 Å². The number of aromatic nitrogens is 2. The van der Waals surface area contributed by atoms with E-state index in [0.29, 0.717) is 23.5 Å². The van der Waals surface area contributed by atoms with Crippen LogP contribution in [-0.2, 0) is 6.54 Å². The van der Waals surface area contributed by atoms with Gasteiger partial charge in [0.25, 0.3) is 0 Å². The molecule has 1 aromatic heterocycles. The molecule has 1 aliphatic heterocycles. The number of nitriles is 1. The van der Waals surface area contributed by atoms with Crippen molar-refractivity contribution < 1.29 is 5.11 Å². The van der Waals surface area contributed by atoms with E-state index in [1.807, 2.05) is 6.07 Å². The second-order valence-corrected chi connectivity index (χ2v) is 8.58. The lowest BCUT2D eigenvalue weighted by Gasteiger charge is -2.58. The predicted molar refractivity (Wildman–Crippen MR) is 107 cm³/mol. The fraction of sp³-hybridized carbons (Fsp3) is 0.500. The number of rotatable bonds is 5. The summed E-state index contributed by atoms with van der Waals surface area (Å²) < 4.78 is 0. The molecule has 2 aliphatic rings. The molecule has 2 fully saturated rings. The van der Waals surface area contributed by atoms with E-state index in [0.717, 1.165) is 25.9 Å². The van der Waals surface area contributed by atoms with Crippen molar-refractivity contribution in [2.75, 3.05) is 11.9 Å². The van der Waals surface area contributed by atoms with Crippen LogP contribution in [0.3, 0.4) is 0 Å². The van der Waals surface area contributed by atoms with Crippen LogP contribution in [-0.4, -0.2) is 44.9 Å². The maximum Gasteiger partial charge on any atom is 0.163 e. The third-order valence-corrected chi connectivity index (χ3v) is 6.22. The van der Waals surface area contributed by atoms with Gasteiger partial charge in [0.05, 0.1) is 12.1 Å². The lowest BCUT2D eigenvalue weighted by molar-refractivity contribution is -0.105. The Morgan fingerprint density at radius 1 is 1.21 bits per heavy atom. The van der Waals surface area contributed by atoms with Crippen LogP contribution >= 0.6 is 0 Å². The average Bonchev–Trinajstić information content (AvgIpc) is 2.99. The summed E-state index contributed by atoms with van der Waals surface area (Å²) in [5, 5.41) is 30.9. The Balaban J connectivity index is 1.45. The largest absolute Gasteiger partial charge is 0.391 e. The zero-order chi connectivity index (χ0) is 19.7. The van der Waals surface area contributed by atoms with E-state index < -0.39 is 6.10 Å². The Kier molecular flexibility index (Phi) is 5.05. The van der Waals surface area contributed by atoms with Crippen LogP contribution in [0, 0.1) is 22.7 Å². The summed E-state index contributed by atoms with van der Waals surface area (Å²) in [6.45, 7) is 6.53. The molecule has 2 N–H and O–H groups in total. The van der Waals surface area contributed by atoms with Gasteiger partial charge in [0.15, 0.2) is 5.69 Å². The van der Waals surface area contributed by atoms with Crippen LogP contribution in [0.15, 0.2) is 42.5 Å². The van der Waals surface area contributed by atoms with Gasteiger partial charge in [-0.05, 0) is 36.5 Å². The minimum absolute atomic E-state index is 0.0395. The normalized spacial score (nSPS) is 29.6. The summed E-state index contributed by atoms with van der Waals surface area (Å²) in [7, 11) is 0. The minimum atomic E-state index is -0.405. The smallest absolute Gasteiger partial charge is 0.163 e. The maximum atomic E-state index is 10.7. The molecule has 0 radical (unpaired) electrons. The van der Waals surface area contributed by atoms with Crippen molar-refractivity contribution in [1.82, 2.24) is 15.1 Å². The number of nitrogens with zero attached hydrogens (tertiary/aromatic N) is 4. The Labute approximate surface area is 166 Å². The number of benzene rings is 1. The number of hydrogen-bond acceptors (Lipinski definition) is 6. The lowest BCUT2D eigenvalue weighted by atomic mass is 9.65. The molecule has 1 aromatic carbocycles. The van der Waals surface area contributed by atoms with E-state index in [4.69, 9.17) is 5.26 Å². The Morgan fingerprint density at radius 2 is 2.00 bits per heavy atom. The van der Waals surface area contributed by atoms with Crippen molar-refractivity contribution in [3.05, 3.63) is 53.7 Å². The van der Waals surface area contributed by atoms with Crippen molar-refractivity contribution in [1.29, 1.82) is 5.26 Å². The molecule has 6 heteroatoms. The molecule has 1 aliphatic carbocycles. The van der Waals surface area contributed by atoms with E-state index in [1.54, 1.807) is 12.1 Å². The molecule has 2 aromatic rings. The molecule has 2 unspecified atom stereocenters. The molecule has 1 saturated carbocycles. The van der Waals surface area contributed by atoms with Gasteiger partial charge < -0.3 is 10.4 Å². The Hall–Kier alpha value is -2.49. The highest BCUT2D eigenvalue weighted by Crippen LogP contribution is 2.53. The summed E-state index contributed by atoms with van der Waals surface area (Å²) in [5.74, 6) is 1.14. The molecular formula is C22H27N5O. The van der Waals surface area contributed by atoms with Crippen LogP contribution in [0.1, 0.15) is 37.9 Å². The molecule has 146 valence electrons. The van der Waals surface area contributed by atoms with Crippen LogP contribution < -0.4 is 5.32 Å². The van der Waals surface area contributed by atoms with Crippen molar-refractivity contribution in [2.24, 2.45) is 11.3 Å². The highest BCUT2D eigenvalue weighted by Gasteiger charge is 2.59. The molecule has 28 heavy (non-hydrogen) atoms. The third kappa shape index (κ3) is 3.48. The average molecular weight is 377 g/mol. The van der Waals surface area contributed by atoms with Crippen molar-refractivity contribution in [3.8, 4) is 6.07 Å². The zero-order valence-electron chi connectivity index (χ0n) is 16.4. The molecular weight excluding hydrogens is 350 g/mol. The summed E-state index contributed by atoms with van der Waals surface area (Å²) >= 11 is 0. The van der Waals surface area contributed by atoms with Crippen LogP contribution in [0.4, 0.5) is 5.82 Å². The molecule has 0 amide bonds. The third-order valence-electron chi connectivity index (χ3n) is 6.22. The zero-order valence-corrected chi connectivity index (χ0v) is 16.4. The number of aliphatic hydroxyl groups excluding tert-OH is 1. The molecule has 1 saturated heterocycles. The number of aliphatic hydroxyl groups is 1. The van der Waals surface area contributed by atoms with Crippen molar-refractivity contribution >= 4 is 5.82 Å². The van der Waals surface area contributed by atoms with E-state index in [9.17, 15) is 5.11 Å². The fourth-order valence-electron chi connectivity index (χ4n) is 5.36. The van der Waals surface area contributed by atoms with Crippen molar-refractivity contribution in [2.45, 2.75) is 51.4 Å². The van der Waals surface area contributed by atoms with E-state index in [1.165, 1.54) is 5.56 Å².